The number of carbonyl (C=O) groups is 1. The van der Waals surface area contributed by atoms with E-state index in [0.29, 0.717) is 0 Å². The van der Waals surface area contributed by atoms with Gasteiger partial charge in [0.1, 0.15) is 0 Å². The maximum absolute atomic E-state index is 10.3. The van der Waals surface area contributed by atoms with Gasteiger partial charge in [0, 0.05) is 6.42 Å². The summed E-state index contributed by atoms with van der Waals surface area (Å²) in [5, 5.41) is 17.8. The number of unbranched alkanes of at least 4 members (excludes halogenated alkanes) is 5. The van der Waals surface area contributed by atoms with Gasteiger partial charge in [0.15, 0.2) is 0 Å². The second-order valence-electron chi connectivity index (χ2n) is 4.81. The van der Waals surface area contributed by atoms with E-state index in [2.05, 4.69) is 12.2 Å². The van der Waals surface area contributed by atoms with Crippen LogP contribution < -0.4 is 0 Å². The quantitative estimate of drug-likeness (QED) is 0.411. The Balaban J connectivity index is 3.16. The summed E-state index contributed by atoms with van der Waals surface area (Å²) < 4.78 is 0. The fourth-order valence-corrected chi connectivity index (χ4v) is 1.80. The molecule has 2 N–H and O–H groups in total. The lowest BCUT2D eigenvalue weighted by Crippen LogP contribution is -2.03. The molecular formula is C15H28O3. The van der Waals surface area contributed by atoms with E-state index in [4.69, 9.17) is 5.11 Å². The molecule has 0 heterocycles. The molecule has 0 saturated carbocycles. The lowest BCUT2D eigenvalue weighted by molar-refractivity contribution is -0.137. The van der Waals surface area contributed by atoms with Crippen LogP contribution >= 0.6 is 0 Å². The summed E-state index contributed by atoms with van der Waals surface area (Å²) >= 11 is 0. The van der Waals surface area contributed by atoms with Crippen molar-refractivity contribution in [3.8, 4) is 0 Å². The Hall–Kier alpha value is -0.830. The smallest absolute Gasteiger partial charge is 0.303 e. The fraction of sp³-hybridized carbons (Fsp3) is 0.800. The first-order chi connectivity index (χ1) is 8.66. The Morgan fingerprint density at radius 1 is 1.06 bits per heavy atom. The molecule has 1 atom stereocenters. The van der Waals surface area contributed by atoms with Crippen LogP contribution in [0.15, 0.2) is 12.2 Å². The van der Waals surface area contributed by atoms with Crippen molar-refractivity contribution in [1.29, 1.82) is 0 Å². The number of carboxylic acids is 1. The molecule has 18 heavy (non-hydrogen) atoms. The Morgan fingerprint density at radius 2 is 1.67 bits per heavy atom. The van der Waals surface area contributed by atoms with Gasteiger partial charge in [0.25, 0.3) is 0 Å². The average Bonchev–Trinajstić information content (AvgIpc) is 2.35. The molecule has 0 aromatic heterocycles. The van der Waals surface area contributed by atoms with Crippen LogP contribution in [0.4, 0.5) is 0 Å². The first-order valence-corrected chi connectivity index (χ1v) is 7.21. The van der Waals surface area contributed by atoms with Gasteiger partial charge in [0.2, 0.25) is 0 Å². The van der Waals surface area contributed by atoms with Gasteiger partial charge < -0.3 is 10.2 Å². The molecule has 0 aliphatic carbocycles. The maximum atomic E-state index is 10.3. The van der Waals surface area contributed by atoms with Crippen LogP contribution in [0, 0.1) is 0 Å². The van der Waals surface area contributed by atoms with Crippen molar-refractivity contribution < 1.29 is 15.0 Å². The Bertz CT molecular complexity index is 224. The molecule has 106 valence electrons. The van der Waals surface area contributed by atoms with Gasteiger partial charge >= 0.3 is 5.97 Å². The van der Waals surface area contributed by atoms with Crippen molar-refractivity contribution in [3.05, 3.63) is 12.2 Å². The van der Waals surface area contributed by atoms with Gasteiger partial charge in [0.05, 0.1) is 6.10 Å². The number of rotatable bonds is 12. The highest BCUT2D eigenvalue weighted by Gasteiger charge is 1.98. The molecule has 0 radical (unpaired) electrons. The van der Waals surface area contributed by atoms with Crippen LogP contribution in [0.3, 0.4) is 0 Å². The predicted octanol–water partition coefficient (Wildman–Crippen LogP) is 3.91. The average molecular weight is 256 g/mol. The highest BCUT2D eigenvalue weighted by molar-refractivity contribution is 5.66. The number of hydrogen-bond acceptors (Lipinski definition) is 2. The molecular weight excluding hydrogens is 228 g/mol. The first-order valence-electron chi connectivity index (χ1n) is 7.21. The van der Waals surface area contributed by atoms with E-state index in [9.17, 15) is 9.90 Å². The summed E-state index contributed by atoms with van der Waals surface area (Å²) in [4.78, 5) is 10.3. The minimum absolute atomic E-state index is 0.116. The molecule has 3 nitrogen and oxygen atoms in total. The van der Waals surface area contributed by atoms with Crippen molar-refractivity contribution in [2.75, 3.05) is 0 Å². The van der Waals surface area contributed by atoms with Crippen LogP contribution in [0.2, 0.25) is 0 Å². The Labute approximate surface area is 111 Å². The lowest BCUT2D eigenvalue weighted by atomic mass is 10.1. The minimum Gasteiger partial charge on any atom is -0.481 e. The molecule has 0 aromatic rings. The SMILES string of the molecule is CCC(O)CCCCCC=CCCCCC(=O)O. The zero-order valence-electron chi connectivity index (χ0n) is 11.6. The zero-order valence-corrected chi connectivity index (χ0v) is 11.6. The fourth-order valence-electron chi connectivity index (χ4n) is 1.80. The minimum atomic E-state index is -0.701. The van der Waals surface area contributed by atoms with Gasteiger partial charge in [-0.15, -0.1) is 0 Å². The standard InChI is InChI=1S/C15H28O3/c1-2-14(16)12-10-8-6-4-3-5-7-9-11-13-15(17)18/h3,5,14,16H,2,4,6-13H2,1H3,(H,17,18). The van der Waals surface area contributed by atoms with Crippen molar-refractivity contribution in [2.24, 2.45) is 0 Å². The summed E-state index contributed by atoms with van der Waals surface area (Å²) in [7, 11) is 0. The molecule has 0 rings (SSSR count). The molecule has 0 spiro atoms. The summed E-state index contributed by atoms with van der Waals surface area (Å²) in [6.45, 7) is 2.01. The van der Waals surface area contributed by atoms with Crippen molar-refractivity contribution in [1.82, 2.24) is 0 Å². The maximum Gasteiger partial charge on any atom is 0.303 e. The van der Waals surface area contributed by atoms with Gasteiger partial charge in [-0.1, -0.05) is 31.9 Å². The predicted molar refractivity (Wildman–Crippen MR) is 74.6 cm³/mol. The normalized spacial score (nSPS) is 13.0. The third-order valence-electron chi connectivity index (χ3n) is 3.06. The van der Waals surface area contributed by atoms with Crippen molar-refractivity contribution in [3.63, 3.8) is 0 Å². The molecule has 0 saturated heterocycles. The van der Waals surface area contributed by atoms with E-state index in [1.165, 1.54) is 12.8 Å². The van der Waals surface area contributed by atoms with E-state index < -0.39 is 5.97 Å². The van der Waals surface area contributed by atoms with E-state index in [1.807, 2.05) is 6.92 Å². The number of allylic oxidation sites excluding steroid dienone is 2. The Kier molecular flexibility index (Phi) is 12.0. The van der Waals surface area contributed by atoms with Crippen LogP contribution in [0.1, 0.15) is 71.1 Å². The van der Waals surface area contributed by atoms with Gasteiger partial charge in [-0.05, 0) is 44.9 Å². The van der Waals surface area contributed by atoms with Gasteiger partial charge in [-0.2, -0.15) is 0 Å². The number of aliphatic hydroxyl groups excluding tert-OH is 1. The Morgan fingerprint density at radius 3 is 2.22 bits per heavy atom. The van der Waals surface area contributed by atoms with Crippen molar-refractivity contribution in [2.45, 2.75) is 77.2 Å². The molecule has 0 aliphatic rings. The highest BCUT2D eigenvalue weighted by atomic mass is 16.4. The number of aliphatic hydroxyl groups is 1. The van der Waals surface area contributed by atoms with E-state index in [-0.39, 0.29) is 12.5 Å². The van der Waals surface area contributed by atoms with Crippen LogP contribution in [-0.4, -0.2) is 22.3 Å². The third-order valence-corrected chi connectivity index (χ3v) is 3.06. The number of aliphatic carboxylic acids is 1. The lowest BCUT2D eigenvalue weighted by Gasteiger charge is -2.05. The van der Waals surface area contributed by atoms with E-state index in [1.54, 1.807) is 0 Å². The largest absolute Gasteiger partial charge is 0.481 e. The monoisotopic (exact) mass is 256 g/mol. The summed E-state index contributed by atoms with van der Waals surface area (Å²) in [6, 6.07) is 0. The highest BCUT2D eigenvalue weighted by Crippen LogP contribution is 2.08. The third kappa shape index (κ3) is 13.2. The first kappa shape index (κ1) is 17.2. The summed E-state index contributed by atoms with van der Waals surface area (Å²) in [5.74, 6) is -0.701. The van der Waals surface area contributed by atoms with Crippen LogP contribution in [0.5, 0.6) is 0 Å². The number of hydrogen-bond donors (Lipinski definition) is 2. The van der Waals surface area contributed by atoms with E-state index in [0.717, 1.165) is 44.9 Å². The molecule has 0 aliphatic heterocycles. The molecule has 0 fully saturated rings. The van der Waals surface area contributed by atoms with Crippen molar-refractivity contribution >= 4 is 5.97 Å². The molecule has 1 unspecified atom stereocenters. The summed E-state index contributed by atoms with van der Waals surface area (Å²) in [5.41, 5.74) is 0. The summed E-state index contributed by atoms with van der Waals surface area (Å²) in [6.07, 6.45) is 13.6. The molecule has 3 heteroatoms. The second-order valence-corrected chi connectivity index (χ2v) is 4.81. The van der Waals surface area contributed by atoms with Gasteiger partial charge in [-0.25, -0.2) is 0 Å². The number of carboxylic acid groups (broad SMARTS) is 1. The zero-order chi connectivity index (χ0) is 13.6. The van der Waals surface area contributed by atoms with Crippen LogP contribution in [0.25, 0.3) is 0 Å². The van der Waals surface area contributed by atoms with Crippen LogP contribution in [-0.2, 0) is 4.79 Å². The molecule has 0 aromatic carbocycles. The topological polar surface area (TPSA) is 57.5 Å². The van der Waals surface area contributed by atoms with Gasteiger partial charge in [-0.3, -0.25) is 4.79 Å². The van der Waals surface area contributed by atoms with E-state index >= 15 is 0 Å². The molecule has 0 amide bonds. The molecule has 0 bridgehead atoms. The second kappa shape index (κ2) is 12.6.